The summed E-state index contributed by atoms with van der Waals surface area (Å²) in [6, 6.07) is 21.7. The molecule has 5 aromatic rings. The van der Waals surface area contributed by atoms with E-state index in [9.17, 15) is 5.11 Å². The van der Waals surface area contributed by atoms with Crippen molar-refractivity contribution in [1.82, 2.24) is 19.5 Å². The summed E-state index contributed by atoms with van der Waals surface area (Å²) < 4.78 is 14.1. The number of aryl methyl sites for hydroxylation is 2. The van der Waals surface area contributed by atoms with Gasteiger partial charge < -0.3 is 24.9 Å². The van der Waals surface area contributed by atoms with E-state index >= 15 is 0 Å². The Balaban J connectivity index is 1.63. The molecule has 0 saturated heterocycles. The SMILES string of the molecule is Cc1ccc(C(=N)N)cc1Oc1nc(Oc2cccc(O)c2)c2nc(C)n(Cc3ccccc3)c2n1. The van der Waals surface area contributed by atoms with Crippen molar-refractivity contribution in [2.75, 3.05) is 0 Å². The summed E-state index contributed by atoms with van der Waals surface area (Å²) in [5.41, 5.74) is 9.11. The van der Waals surface area contributed by atoms with E-state index in [0.717, 1.165) is 17.0 Å². The third kappa shape index (κ3) is 4.67. The molecule has 4 N–H and O–H groups in total. The molecule has 0 saturated carbocycles. The lowest BCUT2D eigenvalue weighted by molar-refractivity contribution is 0.411. The van der Waals surface area contributed by atoms with Gasteiger partial charge in [-0.05, 0) is 43.2 Å². The Morgan fingerprint density at radius 2 is 1.75 bits per heavy atom. The number of ether oxygens (including phenoxy) is 2. The zero-order valence-corrected chi connectivity index (χ0v) is 19.8. The van der Waals surface area contributed by atoms with Crippen LogP contribution in [0.1, 0.15) is 22.5 Å². The normalized spacial score (nSPS) is 10.9. The highest BCUT2D eigenvalue weighted by molar-refractivity contribution is 5.95. The van der Waals surface area contributed by atoms with Crippen molar-refractivity contribution < 1.29 is 14.6 Å². The van der Waals surface area contributed by atoms with Gasteiger partial charge in [-0.15, -0.1) is 0 Å². The number of nitrogens with two attached hydrogens (primary N) is 1. The zero-order valence-electron chi connectivity index (χ0n) is 19.8. The van der Waals surface area contributed by atoms with E-state index in [0.29, 0.717) is 34.8 Å². The van der Waals surface area contributed by atoms with Gasteiger partial charge in [0, 0.05) is 11.6 Å². The van der Waals surface area contributed by atoms with Gasteiger partial charge in [0.25, 0.3) is 5.88 Å². The molecule has 9 nitrogen and oxygen atoms in total. The number of nitrogens with one attached hydrogen (secondary N) is 1. The number of hydrogen-bond donors (Lipinski definition) is 3. The Morgan fingerprint density at radius 3 is 2.50 bits per heavy atom. The van der Waals surface area contributed by atoms with Gasteiger partial charge in [-0.25, -0.2) is 4.98 Å². The van der Waals surface area contributed by atoms with Crippen LogP contribution in [0.15, 0.2) is 72.8 Å². The largest absolute Gasteiger partial charge is 0.508 e. The van der Waals surface area contributed by atoms with Crippen molar-refractivity contribution in [1.29, 1.82) is 5.41 Å². The van der Waals surface area contributed by atoms with Crippen LogP contribution in [0.2, 0.25) is 0 Å². The molecule has 180 valence electrons. The highest BCUT2D eigenvalue weighted by Crippen LogP contribution is 2.33. The van der Waals surface area contributed by atoms with Gasteiger partial charge in [-0.3, -0.25) is 5.41 Å². The Labute approximate surface area is 207 Å². The van der Waals surface area contributed by atoms with Crippen LogP contribution in [0.3, 0.4) is 0 Å². The zero-order chi connectivity index (χ0) is 25.2. The van der Waals surface area contributed by atoms with Crippen LogP contribution in [0.4, 0.5) is 0 Å². The molecule has 0 spiro atoms. The second-order valence-electron chi connectivity index (χ2n) is 8.31. The van der Waals surface area contributed by atoms with E-state index in [2.05, 4.69) is 15.0 Å². The number of imidazole rings is 1. The van der Waals surface area contributed by atoms with Crippen molar-refractivity contribution in [3.8, 4) is 29.1 Å². The minimum atomic E-state index is -0.0688. The lowest BCUT2D eigenvalue weighted by Crippen LogP contribution is -2.11. The molecule has 5 rings (SSSR count). The summed E-state index contributed by atoms with van der Waals surface area (Å²) >= 11 is 0. The van der Waals surface area contributed by atoms with Crippen molar-refractivity contribution in [3.05, 3.63) is 95.3 Å². The first-order chi connectivity index (χ1) is 17.4. The van der Waals surface area contributed by atoms with Crippen LogP contribution in [-0.2, 0) is 6.54 Å². The third-order valence-corrected chi connectivity index (χ3v) is 5.65. The molecule has 0 fully saturated rings. The van der Waals surface area contributed by atoms with E-state index in [1.807, 2.05) is 54.8 Å². The maximum atomic E-state index is 9.88. The lowest BCUT2D eigenvalue weighted by atomic mass is 10.1. The minimum absolute atomic E-state index is 0.0515. The number of benzene rings is 3. The highest BCUT2D eigenvalue weighted by Gasteiger charge is 2.20. The first-order valence-corrected chi connectivity index (χ1v) is 11.3. The Hall–Kier alpha value is -4.92. The summed E-state index contributed by atoms with van der Waals surface area (Å²) in [4.78, 5) is 13.9. The van der Waals surface area contributed by atoms with E-state index in [1.165, 1.54) is 6.07 Å². The molecular weight excluding hydrogens is 456 g/mol. The molecule has 0 amide bonds. The van der Waals surface area contributed by atoms with E-state index in [-0.39, 0.29) is 23.5 Å². The first kappa shape index (κ1) is 22.9. The van der Waals surface area contributed by atoms with Crippen LogP contribution in [0, 0.1) is 19.3 Å². The summed E-state index contributed by atoms with van der Waals surface area (Å²) in [7, 11) is 0. The monoisotopic (exact) mass is 480 g/mol. The molecule has 9 heteroatoms. The molecule has 2 aromatic heterocycles. The number of rotatable bonds is 7. The lowest BCUT2D eigenvalue weighted by Gasteiger charge is -2.12. The van der Waals surface area contributed by atoms with Crippen molar-refractivity contribution in [2.45, 2.75) is 20.4 Å². The van der Waals surface area contributed by atoms with Gasteiger partial charge in [0.2, 0.25) is 0 Å². The predicted molar refractivity (Wildman–Crippen MR) is 136 cm³/mol. The fourth-order valence-electron chi connectivity index (χ4n) is 3.77. The van der Waals surface area contributed by atoms with Crippen LogP contribution >= 0.6 is 0 Å². The first-order valence-electron chi connectivity index (χ1n) is 11.3. The number of nitrogens with zero attached hydrogens (tertiary/aromatic N) is 4. The molecule has 0 aliphatic carbocycles. The van der Waals surface area contributed by atoms with Gasteiger partial charge >= 0.3 is 6.01 Å². The average Bonchev–Trinajstić information content (AvgIpc) is 3.16. The van der Waals surface area contributed by atoms with Gasteiger partial charge in [0.15, 0.2) is 11.2 Å². The fraction of sp³-hybridized carbons (Fsp3) is 0.111. The van der Waals surface area contributed by atoms with E-state index in [1.54, 1.807) is 30.3 Å². The number of nitrogen functional groups attached to an aromatic ring is 1. The van der Waals surface area contributed by atoms with Crippen LogP contribution in [0.25, 0.3) is 11.2 Å². The number of aromatic nitrogens is 4. The number of aromatic hydroxyl groups is 1. The second kappa shape index (κ2) is 9.38. The highest BCUT2D eigenvalue weighted by atomic mass is 16.5. The van der Waals surface area contributed by atoms with Crippen molar-refractivity contribution >= 4 is 17.0 Å². The molecule has 2 heterocycles. The number of phenols is 1. The molecule has 36 heavy (non-hydrogen) atoms. The molecule has 0 aliphatic rings. The summed E-state index contributed by atoms with van der Waals surface area (Å²) in [5.74, 6) is 1.78. The van der Waals surface area contributed by atoms with Crippen molar-refractivity contribution in [3.63, 3.8) is 0 Å². The molecule has 0 aliphatic heterocycles. The summed E-state index contributed by atoms with van der Waals surface area (Å²) in [6.45, 7) is 4.32. The predicted octanol–water partition coefficient (Wildman–Crippen LogP) is 5.07. The maximum Gasteiger partial charge on any atom is 0.327 e. The quantitative estimate of drug-likeness (QED) is 0.219. The maximum absolute atomic E-state index is 9.88. The molecule has 0 bridgehead atoms. The Kier molecular flexibility index (Phi) is 5.95. The second-order valence-corrected chi connectivity index (χ2v) is 8.31. The van der Waals surface area contributed by atoms with Gasteiger partial charge in [0.1, 0.15) is 28.9 Å². The van der Waals surface area contributed by atoms with Gasteiger partial charge in [0.05, 0.1) is 6.54 Å². The van der Waals surface area contributed by atoms with Crippen molar-refractivity contribution in [2.24, 2.45) is 5.73 Å². The number of fused-ring (bicyclic) bond motifs is 1. The van der Waals surface area contributed by atoms with Crippen LogP contribution in [-0.4, -0.2) is 30.5 Å². The molecule has 0 radical (unpaired) electrons. The smallest absolute Gasteiger partial charge is 0.327 e. The van der Waals surface area contributed by atoms with Gasteiger partial charge in [-0.1, -0.05) is 48.5 Å². The summed E-state index contributed by atoms with van der Waals surface area (Å²) in [6.07, 6.45) is 0. The number of amidine groups is 1. The standard InChI is InChI=1S/C27H24N6O3/c1-16-11-12-19(24(28)29)13-22(16)36-27-31-25-23(26(32-27)35-21-10-6-9-20(34)14-21)30-17(2)33(25)15-18-7-4-3-5-8-18/h3-14,34H,15H2,1-2H3,(H3,28,29). The number of hydrogen-bond acceptors (Lipinski definition) is 7. The molecule has 0 unspecified atom stereocenters. The van der Waals surface area contributed by atoms with Crippen LogP contribution in [0.5, 0.6) is 29.1 Å². The molecule has 3 aromatic carbocycles. The average molecular weight is 481 g/mol. The van der Waals surface area contributed by atoms with Gasteiger partial charge in [-0.2, -0.15) is 9.97 Å². The minimum Gasteiger partial charge on any atom is -0.508 e. The number of phenolic OH excluding ortho intramolecular Hbond substituents is 1. The molecular formula is C27H24N6O3. The topological polar surface area (TPSA) is 132 Å². The fourth-order valence-corrected chi connectivity index (χ4v) is 3.77. The van der Waals surface area contributed by atoms with E-state index < -0.39 is 0 Å². The van der Waals surface area contributed by atoms with E-state index in [4.69, 9.17) is 20.6 Å². The Bertz CT molecular complexity index is 1580. The third-order valence-electron chi connectivity index (χ3n) is 5.65. The van der Waals surface area contributed by atoms with Crippen LogP contribution < -0.4 is 15.2 Å². The Morgan fingerprint density at radius 1 is 0.944 bits per heavy atom. The summed E-state index contributed by atoms with van der Waals surface area (Å²) in [5, 5.41) is 17.6. The molecule has 0 atom stereocenters.